The molecule has 0 unspecified atom stereocenters. The SMILES string of the molecule is COc1ccc(CC(=O)Nc2ccc(CCC(=O)O)cc2)cc1OC. The Kier molecular flexibility index (Phi) is 6.39. The topological polar surface area (TPSA) is 84.9 Å². The average Bonchev–Trinajstić information content (AvgIpc) is 2.60. The second-order valence-electron chi connectivity index (χ2n) is 5.50. The Morgan fingerprint density at radius 2 is 1.60 bits per heavy atom. The molecule has 2 aromatic carbocycles. The number of amides is 1. The number of carboxylic acids is 1. The highest BCUT2D eigenvalue weighted by atomic mass is 16.5. The van der Waals surface area contributed by atoms with Gasteiger partial charge in [-0.15, -0.1) is 0 Å². The van der Waals surface area contributed by atoms with E-state index in [2.05, 4.69) is 5.32 Å². The Morgan fingerprint density at radius 3 is 2.20 bits per heavy atom. The lowest BCUT2D eigenvalue weighted by Gasteiger charge is -2.10. The first-order valence-electron chi connectivity index (χ1n) is 7.83. The van der Waals surface area contributed by atoms with Crippen LogP contribution < -0.4 is 14.8 Å². The minimum Gasteiger partial charge on any atom is -0.493 e. The molecule has 0 fully saturated rings. The van der Waals surface area contributed by atoms with E-state index in [1.165, 1.54) is 0 Å². The van der Waals surface area contributed by atoms with Crippen molar-refractivity contribution in [3.8, 4) is 11.5 Å². The molecule has 1 amide bonds. The summed E-state index contributed by atoms with van der Waals surface area (Å²) < 4.78 is 10.4. The van der Waals surface area contributed by atoms with Crippen LogP contribution in [0.15, 0.2) is 42.5 Å². The molecule has 0 aliphatic carbocycles. The molecular weight excluding hydrogens is 322 g/mol. The van der Waals surface area contributed by atoms with Gasteiger partial charge in [-0.2, -0.15) is 0 Å². The van der Waals surface area contributed by atoms with Gasteiger partial charge >= 0.3 is 5.97 Å². The zero-order valence-corrected chi connectivity index (χ0v) is 14.2. The van der Waals surface area contributed by atoms with Crippen molar-refractivity contribution in [1.82, 2.24) is 0 Å². The molecule has 2 rings (SSSR count). The standard InChI is InChI=1S/C19H21NO5/c1-24-16-9-5-14(11-17(16)25-2)12-18(21)20-15-7-3-13(4-8-15)6-10-19(22)23/h3-5,7-9,11H,6,10,12H2,1-2H3,(H,20,21)(H,22,23). The van der Waals surface area contributed by atoms with Crippen LogP contribution in [0.1, 0.15) is 17.5 Å². The number of aryl methyl sites for hydroxylation is 1. The van der Waals surface area contributed by atoms with E-state index in [-0.39, 0.29) is 18.7 Å². The maximum atomic E-state index is 12.2. The van der Waals surface area contributed by atoms with Crippen LogP contribution in [0.2, 0.25) is 0 Å². The second kappa shape index (κ2) is 8.73. The molecule has 0 spiro atoms. The Balaban J connectivity index is 1.94. The molecule has 0 aliphatic heterocycles. The van der Waals surface area contributed by atoms with Crippen molar-refractivity contribution >= 4 is 17.6 Å². The third-order valence-electron chi connectivity index (χ3n) is 3.68. The third kappa shape index (κ3) is 5.53. The van der Waals surface area contributed by atoms with Gasteiger partial charge in [-0.25, -0.2) is 0 Å². The first-order chi connectivity index (χ1) is 12.0. The number of ether oxygens (including phenoxy) is 2. The minimum absolute atomic E-state index is 0.0883. The Hall–Kier alpha value is -3.02. The highest BCUT2D eigenvalue weighted by molar-refractivity contribution is 5.92. The maximum Gasteiger partial charge on any atom is 0.303 e. The van der Waals surface area contributed by atoms with E-state index in [1.54, 1.807) is 38.5 Å². The highest BCUT2D eigenvalue weighted by Crippen LogP contribution is 2.27. The Labute approximate surface area is 146 Å². The first-order valence-corrected chi connectivity index (χ1v) is 7.83. The second-order valence-corrected chi connectivity index (χ2v) is 5.50. The van der Waals surface area contributed by atoms with Gasteiger partial charge in [-0.05, 0) is 41.8 Å². The molecule has 0 aromatic heterocycles. The summed E-state index contributed by atoms with van der Waals surface area (Å²) in [6.45, 7) is 0. The number of aliphatic carboxylic acids is 1. The van der Waals surface area contributed by atoms with Gasteiger partial charge in [0, 0.05) is 12.1 Å². The smallest absolute Gasteiger partial charge is 0.303 e. The summed E-state index contributed by atoms with van der Waals surface area (Å²) in [6, 6.07) is 12.5. The van der Waals surface area contributed by atoms with Gasteiger partial charge in [0.1, 0.15) is 0 Å². The molecule has 0 saturated carbocycles. The van der Waals surface area contributed by atoms with Gasteiger partial charge in [0.25, 0.3) is 0 Å². The largest absolute Gasteiger partial charge is 0.493 e. The maximum absolute atomic E-state index is 12.2. The lowest BCUT2D eigenvalue weighted by atomic mass is 10.1. The molecular formula is C19H21NO5. The van der Waals surface area contributed by atoms with E-state index >= 15 is 0 Å². The van der Waals surface area contributed by atoms with Crippen LogP contribution in [0, 0.1) is 0 Å². The van der Waals surface area contributed by atoms with Gasteiger partial charge < -0.3 is 19.9 Å². The number of anilines is 1. The van der Waals surface area contributed by atoms with Gasteiger partial charge in [-0.1, -0.05) is 18.2 Å². The quantitative estimate of drug-likeness (QED) is 0.770. The summed E-state index contributed by atoms with van der Waals surface area (Å²) in [7, 11) is 3.11. The summed E-state index contributed by atoms with van der Waals surface area (Å²) >= 11 is 0. The molecule has 25 heavy (non-hydrogen) atoms. The predicted octanol–water partition coefficient (Wildman–Crippen LogP) is 2.90. The van der Waals surface area contributed by atoms with Crippen LogP contribution in [0.4, 0.5) is 5.69 Å². The average molecular weight is 343 g/mol. The molecule has 0 aliphatic rings. The monoisotopic (exact) mass is 343 g/mol. The van der Waals surface area contributed by atoms with Crippen LogP contribution in [0.5, 0.6) is 11.5 Å². The summed E-state index contributed by atoms with van der Waals surface area (Å²) in [5.74, 6) is 0.219. The van der Waals surface area contributed by atoms with Crippen molar-refractivity contribution in [3.05, 3.63) is 53.6 Å². The number of hydrogen-bond acceptors (Lipinski definition) is 4. The van der Waals surface area contributed by atoms with E-state index in [0.717, 1.165) is 11.1 Å². The van der Waals surface area contributed by atoms with Crippen LogP contribution in [-0.4, -0.2) is 31.2 Å². The molecule has 0 radical (unpaired) electrons. The number of benzene rings is 2. The van der Waals surface area contributed by atoms with Gasteiger partial charge in [0.05, 0.1) is 20.6 Å². The zero-order chi connectivity index (χ0) is 18.2. The van der Waals surface area contributed by atoms with Crippen molar-refractivity contribution < 1.29 is 24.2 Å². The number of carboxylic acid groups (broad SMARTS) is 1. The predicted molar refractivity (Wildman–Crippen MR) is 94.3 cm³/mol. The normalized spacial score (nSPS) is 10.2. The molecule has 132 valence electrons. The molecule has 2 N–H and O–H groups in total. The van der Waals surface area contributed by atoms with Crippen LogP contribution in [-0.2, 0) is 22.4 Å². The summed E-state index contributed by atoms with van der Waals surface area (Å²) in [5.41, 5.74) is 2.40. The molecule has 0 saturated heterocycles. The molecule has 2 aromatic rings. The van der Waals surface area contributed by atoms with Crippen LogP contribution in [0.3, 0.4) is 0 Å². The fraction of sp³-hybridized carbons (Fsp3) is 0.263. The third-order valence-corrected chi connectivity index (χ3v) is 3.68. The lowest BCUT2D eigenvalue weighted by molar-refractivity contribution is -0.137. The molecule has 0 bridgehead atoms. The van der Waals surface area contributed by atoms with E-state index in [4.69, 9.17) is 14.6 Å². The van der Waals surface area contributed by atoms with Gasteiger partial charge in [0.2, 0.25) is 5.91 Å². The lowest BCUT2D eigenvalue weighted by Crippen LogP contribution is -2.14. The van der Waals surface area contributed by atoms with E-state index < -0.39 is 5.97 Å². The van der Waals surface area contributed by atoms with Crippen LogP contribution >= 0.6 is 0 Å². The first kappa shape index (κ1) is 18.3. The van der Waals surface area contributed by atoms with Crippen molar-refractivity contribution in [2.45, 2.75) is 19.3 Å². The van der Waals surface area contributed by atoms with Gasteiger partial charge in [-0.3, -0.25) is 9.59 Å². The van der Waals surface area contributed by atoms with Crippen molar-refractivity contribution in [2.75, 3.05) is 19.5 Å². The molecule has 0 atom stereocenters. The van der Waals surface area contributed by atoms with Gasteiger partial charge in [0.15, 0.2) is 11.5 Å². The van der Waals surface area contributed by atoms with Crippen molar-refractivity contribution in [3.63, 3.8) is 0 Å². The number of nitrogens with one attached hydrogen (secondary N) is 1. The van der Waals surface area contributed by atoms with E-state index in [0.29, 0.717) is 23.6 Å². The minimum atomic E-state index is -0.827. The Bertz CT molecular complexity index is 740. The van der Waals surface area contributed by atoms with E-state index in [1.807, 2.05) is 18.2 Å². The summed E-state index contributed by atoms with van der Waals surface area (Å²) in [6.07, 6.45) is 0.765. The van der Waals surface area contributed by atoms with Crippen molar-refractivity contribution in [2.24, 2.45) is 0 Å². The zero-order valence-electron chi connectivity index (χ0n) is 14.2. The van der Waals surface area contributed by atoms with Crippen molar-refractivity contribution in [1.29, 1.82) is 0 Å². The molecule has 6 nitrogen and oxygen atoms in total. The van der Waals surface area contributed by atoms with E-state index in [9.17, 15) is 9.59 Å². The molecule has 0 heterocycles. The fourth-order valence-electron chi connectivity index (χ4n) is 2.39. The number of carbonyl (C=O) groups is 2. The summed E-state index contributed by atoms with van der Waals surface area (Å²) in [5, 5.41) is 11.5. The number of carbonyl (C=O) groups excluding carboxylic acids is 1. The molecule has 6 heteroatoms. The highest BCUT2D eigenvalue weighted by Gasteiger charge is 2.09. The Morgan fingerprint density at radius 1 is 0.960 bits per heavy atom. The van der Waals surface area contributed by atoms with Crippen LogP contribution in [0.25, 0.3) is 0 Å². The number of hydrogen-bond donors (Lipinski definition) is 2. The number of methoxy groups -OCH3 is 2. The fourth-order valence-corrected chi connectivity index (χ4v) is 2.39. The summed E-state index contributed by atoms with van der Waals surface area (Å²) in [4.78, 5) is 22.7. The number of rotatable bonds is 8.